The lowest BCUT2D eigenvalue weighted by Gasteiger charge is -2.24. The first kappa shape index (κ1) is 12.5. The Balaban J connectivity index is 3.95. The molecule has 3 N–H and O–H groups in total. The first-order valence-electron chi connectivity index (χ1n) is 4.16. The van der Waals surface area contributed by atoms with Crippen molar-refractivity contribution in [1.82, 2.24) is 5.32 Å². The van der Waals surface area contributed by atoms with Crippen molar-refractivity contribution in [2.24, 2.45) is 5.73 Å². The van der Waals surface area contributed by atoms with E-state index in [-0.39, 0.29) is 11.4 Å². The van der Waals surface area contributed by atoms with Gasteiger partial charge in [0.2, 0.25) is 5.91 Å². The molecule has 0 bridgehead atoms. The molecule has 0 spiro atoms. The molecule has 0 aliphatic rings. The van der Waals surface area contributed by atoms with Gasteiger partial charge in [-0.25, -0.2) is 0 Å². The molecule has 0 aliphatic heterocycles. The van der Waals surface area contributed by atoms with Gasteiger partial charge >= 0.3 is 0 Å². The van der Waals surface area contributed by atoms with Gasteiger partial charge in [0.15, 0.2) is 0 Å². The third kappa shape index (κ3) is 6.61. The highest BCUT2D eigenvalue weighted by molar-refractivity contribution is 6.25. The van der Waals surface area contributed by atoms with Gasteiger partial charge in [-0.3, -0.25) is 4.79 Å². The van der Waals surface area contributed by atoms with Crippen molar-refractivity contribution in [3.05, 3.63) is 11.1 Å². The third-order valence-corrected chi connectivity index (χ3v) is 2.02. The van der Waals surface area contributed by atoms with Crippen LogP contribution in [0.3, 0.4) is 0 Å². The summed E-state index contributed by atoms with van der Waals surface area (Å²) in [4.78, 5) is 10.7. The topological polar surface area (TPSA) is 55.1 Å². The van der Waals surface area contributed by atoms with Crippen LogP contribution in [0.1, 0.15) is 27.2 Å². The van der Waals surface area contributed by atoms with Crippen LogP contribution in [0, 0.1) is 0 Å². The van der Waals surface area contributed by atoms with E-state index >= 15 is 0 Å². The molecule has 0 aliphatic carbocycles. The number of nitrogens with one attached hydrogen (secondary N) is 1. The van der Waals surface area contributed by atoms with Gasteiger partial charge in [0.05, 0.1) is 0 Å². The van der Waals surface area contributed by atoms with Crippen LogP contribution >= 0.6 is 11.6 Å². The maximum absolute atomic E-state index is 10.7. The second-order valence-electron chi connectivity index (χ2n) is 3.84. The average molecular weight is 205 g/mol. The molecule has 76 valence electrons. The Hall–Kier alpha value is -0.540. The summed E-state index contributed by atoms with van der Waals surface area (Å²) in [5.41, 5.74) is 7.38. The van der Waals surface area contributed by atoms with Crippen molar-refractivity contribution in [2.45, 2.75) is 32.7 Å². The van der Waals surface area contributed by atoms with Gasteiger partial charge in [0.1, 0.15) is 0 Å². The van der Waals surface area contributed by atoms with Gasteiger partial charge in [-0.15, -0.1) is 0 Å². The van der Waals surface area contributed by atoms with Gasteiger partial charge < -0.3 is 11.1 Å². The highest BCUT2D eigenvalue weighted by Gasteiger charge is 2.19. The number of carbonyl (C=O) groups is 1. The zero-order valence-electron chi connectivity index (χ0n) is 8.36. The number of hydrogen-bond donors (Lipinski definition) is 2. The van der Waals surface area contributed by atoms with Gasteiger partial charge in [-0.05, 0) is 26.3 Å². The SMILES string of the molecule is CC(=CCl)CNC(C)(C)CC(N)=O. The van der Waals surface area contributed by atoms with E-state index in [0.717, 1.165) is 5.57 Å². The van der Waals surface area contributed by atoms with Gasteiger partial charge in [-0.2, -0.15) is 0 Å². The predicted molar refractivity (Wildman–Crippen MR) is 55.5 cm³/mol. The predicted octanol–water partition coefficient (Wildman–Crippen LogP) is 1.37. The molecule has 0 aromatic rings. The van der Waals surface area contributed by atoms with E-state index in [9.17, 15) is 4.79 Å². The number of carbonyl (C=O) groups excluding carboxylic acids is 1. The summed E-state index contributed by atoms with van der Waals surface area (Å²) < 4.78 is 0. The molecule has 0 rings (SSSR count). The molecule has 0 unspecified atom stereocenters. The number of amides is 1. The Morgan fingerprint density at radius 2 is 2.15 bits per heavy atom. The van der Waals surface area contributed by atoms with E-state index in [1.807, 2.05) is 20.8 Å². The summed E-state index contributed by atoms with van der Waals surface area (Å²) in [5, 5.41) is 3.19. The number of nitrogens with two attached hydrogens (primary N) is 1. The van der Waals surface area contributed by atoms with E-state index in [0.29, 0.717) is 13.0 Å². The monoisotopic (exact) mass is 204 g/mol. The minimum Gasteiger partial charge on any atom is -0.370 e. The minimum atomic E-state index is -0.301. The van der Waals surface area contributed by atoms with Crippen LogP contribution in [0.25, 0.3) is 0 Å². The van der Waals surface area contributed by atoms with E-state index < -0.39 is 0 Å². The van der Waals surface area contributed by atoms with Crippen LogP contribution < -0.4 is 11.1 Å². The van der Waals surface area contributed by atoms with Crippen molar-refractivity contribution in [3.63, 3.8) is 0 Å². The molecular weight excluding hydrogens is 188 g/mol. The summed E-state index contributed by atoms with van der Waals surface area (Å²) in [6.45, 7) is 6.45. The normalized spacial score (nSPS) is 13.1. The standard InChI is InChI=1S/C9H17ClN2O/c1-7(5-10)6-12-9(2,3)4-8(11)13/h5,12H,4,6H2,1-3H3,(H2,11,13). The molecule has 0 fully saturated rings. The zero-order chi connectivity index (χ0) is 10.5. The lowest BCUT2D eigenvalue weighted by atomic mass is 10.00. The largest absolute Gasteiger partial charge is 0.370 e. The molecule has 0 saturated heterocycles. The Morgan fingerprint density at radius 3 is 2.54 bits per heavy atom. The van der Waals surface area contributed by atoms with E-state index in [1.165, 1.54) is 5.54 Å². The summed E-state index contributed by atoms with van der Waals surface area (Å²) in [5.74, 6) is -0.301. The van der Waals surface area contributed by atoms with E-state index in [1.54, 1.807) is 0 Å². The molecule has 0 radical (unpaired) electrons. The highest BCUT2D eigenvalue weighted by Crippen LogP contribution is 2.08. The third-order valence-electron chi connectivity index (χ3n) is 1.65. The first-order valence-corrected chi connectivity index (χ1v) is 4.60. The Bertz CT molecular complexity index is 212. The zero-order valence-corrected chi connectivity index (χ0v) is 9.11. The lowest BCUT2D eigenvalue weighted by Crippen LogP contribution is -2.43. The summed E-state index contributed by atoms with van der Waals surface area (Å²) in [7, 11) is 0. The highest BCUT2D eigenvalue weighted by atomic mass is 35.5. The van der Waals surface area contributed by atoms with Crippen molar-refractivity contribution >= 4 is 17.5 Å². The molecule has 0 aromatic heterocycles. The van der Waals surface area contributed by atoms with Crippen molar-refractivity contribution in [2.75, 3.05) is 6.54 Å². The van der Waals surface area contributed by atoms with Crippen molar-refractivity contribution < 1.29 is 4.79 Å². The summed E-state index contributed by atoms with van der Waals surface area (Å²) >= 11 is 5.49. The fourth-order valence-corrected chi connectivity index (χ4v) is 0.993. The molecule has 3 nitrogen and oxygen atoms in total. The molecule has 0 heterocycles. The molecule has 1 amide bonds. The van der Waals surface area contributed by atoms with Crippen LogP contribution in [-0.4, -0.2) is 18.0 Å². The maximum atomic E-state index is 10.7. The Morgan fingerprint density at radius 1 is 1.62 bits per heavy atom. The first-order chi connectivity index (χ1) is 5.87. The van der Waals surface area contributed by atoms with Crippen LogP contribution in [0.15, 0.2) is 11.1 Å². The Kier molecular flexibility index (Phi) is 5.03. The summed E-state index contributed by atoms with van der Waals surface area (Å²) in [6.07, 6.45) is 0.322. The van der Waals surface area contributed by atoms with Crippen LogP contribution in [-0.2, 0) is 4.79 Å². The number of primary amides is 1. The second-order valence-corrected chi connectivity index (χ2v) is 4.05. The Labute approximate surface area is 84.3 Å². The van der Waals surface area contributed by atoms with Gasteiger partial charge in [0, 0.05) is 24.0 Å². The molecule has 13 heavy (non-hydrogen) atoms. The summed E-state index contributed by atoms with van der Waals surface area (Å²) in [6, 6.07) is 0. The van der Waals surface area contributed by atoms with E-state index in [2.05, 4.69) is 5.32 Å². The fraction of sp³-hybridized carbons (Fsp3) is 0.667. The molecule has 0 saturated carbocycles. The van der Waals surface area contributed by atoms with Gasteiger partial charge in [0.25, 0.3) is 0 Å². The second kappa shape index (κ2) is 5.25. The van der Waals surface area contributed by atoms with E-state index in [4.69, 9.17) is 17.3 Å². The van der Waals surface area contributed by atoms with Crippen LogP contribution in [0.2, 0.25) is 0 Å². The minimum absolute atomic E-state index is 0.271. The molecule has 4 heteroatoms. The maximum Gasteiger partial charge on any atom is 0.219 e. The average Bonchev–Trinajstić information content (AvgIpc) is 1.98. The van der Waals surface area contributed by atoms with Gasteiger partial charge in [-0.1, -0.05) is 11.6 Å². The van der Waals surface area contributed by atoms with Crippen LogP contribution in [0.5, 0.6) is 0 Å². The fourth-order valence-electron chi connectivity index (χ4n) is 0.915. The lowest BCUT2D eigenvalue weighted by molar-refractivity contribution is -0.119. The quantitative estimate of drug-likeness (QED) is 0.711. The van der Waals surface area contributed by atoms with Crippen molar-refractivity contribution in [1.29, 1.82) is 0 Å². The molecular formula is C9H17ClN2O. The number of hydrogen-bond acceptors (Lipinski definition) is 2. The number of halogens is 1. The van der Waals surface area contributed by atoms with Crippen LogP contribution in [0.4, 0.5) is 0 Å². The number of rotatable bonds is 5. The molecule has 0 atom stereocenters. The molecule has 0 aromatic carbocycles. The van der Waals surface area contributed by atoms with Crippen molar-refractivity contribution in [3.8, 4) is 0 Å². The smallest absolute Gasteiger partial charge is 0.219 e.